The van der Waals surface area contributed by atoms with Crippen molar-refractivity contribution in [1.82, 2.24) is 19.0 Å². The maximum absolute atomic E-state index is 6.30. The van der Waals surface area contributed by atoms with Crippen molar-refractivity contribution in [3.63, 3.8) is 0 Å². The molecular formula is C34H24N5OPt-3. The van der Waals surface area contributed by atoms with E-state index in [0.717, 1.165) is 44.2 Å². The topological polar surface area (TPSA) is 38.5 Å². The molecule has 0 fully saturated rings. The number of nitrogens with zero attached hydrogens (tertiary/aromatic N) is 5. The van der Waals surface area contributed by atoms with Gasteiger partial charge >= 0.3 is 0 Å². The van der Waals surface area contributed by atoms with Gasteiger partial charge < -0.3 is 23.7 Å². The molecule has 3 aromatic heterocycles. The van der Waals surface area contributed by atoms with Crippen LogP contribution in [0.3, 0.4) is 0 Å². The number of hydrogen-bond donors (Lipinski definition) is 0. The smallest absolute Gasteiger partial charge is 0.137 e. The molecule has 41 heavy (non-hydrogen) atoms. The maximum atomic E-state index is 6.30. The van der Waals surface area contributed by atoms with Crippen molar-refractivity contribution in [1.29, 1.82) is 0 Å². The molecule has 0 saturated carbocycles. The van der Waals surface area contributed by atoms with Crippen LogP contribution >= 0.6 is 0 Å². The minimum absolute atomic E-state index is 0. The van der Waals surface area contributed by atoms with E-state index in [0.29, 0.717) is 11.5 Å². The van der Waals surface area contributed by atoms with E-state index in [9.17, 15) is 0 Å². The SMILES string of the molecule is CN1C=CN(c2[c-]c(Oc3[c-]c4c(cc3)c3ccccc3n4-c3cc4c(cn3)c3ccccc3n4C)ccc2)[CH-]1.[Pt]. The van der Waals surface area contributed by atoms with E-state index in [1.54, 1.807) is 0 Å². The molecule has 0 aliphatic carbocycles. The zero-order valence-electron chi connectivity index (χ0n) is 22.4. The van der Waals surface area contributed by atoms with Crippen LogP contribution in [-0.2, 0) is 28.1 Å². The second kappa shape index (κ2) is 9.83. The second-order valence-corrected chi connectivity index (χ2v) is 10.1. The van der Waals surface area contributed by atoms with E-state index < -0.39 is 0 Å². The third kappa shape index (κ3) is 4.09. The summed E-state index contributed by atoms with van der Waals surface area (Å²) in [6.07, 6.45) is 5.97. The van der Waals surface area contributed by atoms with Crippen LogP contribution in [0.1, 0.15) is 0 Å². The Hall–Kier alpha value is -4.54. The molecule has 4 aromatic carbocycles. The first-order valence-corrected chi connectivity index (χ1v) is 13.2. The minimum Gasteiger partial charge on any atom is -0.510 e. The molecule has 8 rings (SSSR count). The Morgan fingerprint density at radius 3 is 2.27 bits per heavy atom. The average molecular weight is 714 g/mol. The van der Waals surface area contributed by atoms with E-state index >= 15 is 0 Å². The molecule has 0 amide bonds. The second-order valence-electron chi connectivity index (χ2n) is 10.1. The summed E-state index contributed by atoms with van der Waals surface area (Å²) in [4.78, 5) is 8.95. The number of rotatable bonds is 4. The van der Waals surface area contributed by atoms with Gasteiger partial charge in [0, 0.05) is 73.7 Å². The van der Waals surface area contributed by atoms with Gasteiger partial charge in [-0.25, -0.2) is 4.98 Å². The van der Waals surface area contributed by atoms with E-state index in [1.807, 2.05) is 66.4 Å². The molecule has 4 heterocycles. The molecule has 0 unspecified atom stereocenters. The number of para-hydroxylation sites is 2. The molecule has 0 atom stereocenters. The molecule has 1 aliphatic heterocycles. The summed E-state index contributed by atoms with van der Waals surface area (Å²) in [5.41, 5.74) is 5.21. The Balaban J connectivity index is 0.00000276. The fourth-order valence-electron chi connectivity index (χ4n) is 5.69. The summed E-state index contributed by atoms with van der Waals surface area (Å²) in [7, 11) is 4.10. The fourth-order valence-corrected chi connectivity index (χ4v) is 5.69. The first-order chi connectivity index (χ1) is 19.6. The van der Waals surface area contributed by atoms with Gasteiger partial charge in [0.05, 0.1) is 5.52 Å². The van der Waals surface area contributed by atoms with E-state index in [4.69, 9.17) is 9.72 Å². The van der Waals surface area contributed by atoms with Crippen molar-refractivity contribution in [3.05, 3.63) is 122 Å². The Morgan fingerprint density at radius 2 is 1.46 bits per heavy atom. The van der Waals surface area contributed by atoms with Crippen LogP contribution < -0.4 is 9.64 Å². The predicted molar refractivity (Wildman–Crippen MR) is 160 cm³/mol. The monoisotopic (exact) mass is 713 g/mol. The first kappa shape index (κ1) is 25.4. The van der Waals surface area contributed by atoms with Gasteiger partial charge in [-0.15, -0.1) is 41.4 Å². The number of fused-ring (bicyclic) bond motifs is 6. The summed E-state index contributed by atoms with van der Waals surface area (Å²) in [5.74, 6) is 2.09. The molecule has 1 aliphatic rings. The van der Waals surface area contributed by atoms with Crippen molar-refractivity contribution in [2.24, 2.45) is 7.05 Å². The molecule has 7 heteroatoms. The number of aromatic nitrogens is 3. The summed E-state index contributed by atoms with van der Waals surface area (Å²) >= 11 is 0. The van der Waals surface area contributed by atoms with Crippen LogP contribution in [0.2, 0.25) is 0 Å². The Labute approximate surface area is 251 Å². The molecule has 0 N–H and O–H groups in total. The number of aryl methyl sites for hydroxylation is 1. The van der Waals surface area contributed by atoms with Gasteiger partial charge in [0.15, 0.2) is 0 Å². The fraction of sp³-hybridized carbons (Fsp3) is 0.0588. The van der Waals surface area contributed by atoms with E-state index in [2.05, 4.69) is 89.0 Å². The van der Waals surface area contributed by atoms with Crippen molar-refractivity contribution < 1.29 is 25.8 Å². The van der Waals surface area contributed by atoms with E-state index in [1.165, 1.54) is 10.9 Å². The molecule has 0 saturated heterocycles. The Bertz CT molecular complexity index is 2130. The number of anilines is 1. The normalized spacial score (nSPS) is 13.1. The van der Waals surface area contributed by atoms with Gasteiger partial charge in [0.25, 0.3) is 0 Å². The number of ether oxygens (including phenoxy) is 1. The number of hydrogen-bond acceptors (Lipinski definition) is 4. The van der Waals surface area contributed by atoms with Crippen molar-refractivity contribution in [3.8, 4) is 17.3 Å². The molecular weight excluding hydrogens is 689 g/mol. The zero-order chi connectivity index (χ0) is 26.8. The molecule has 0 radical (unpaired) electrons. The molecule has 7 aromatic rings. The van der Waals surface area contributed by atoms with Crippen molar-refractivity contribution in [2.45, 2.75) is 0 Å². The van der Waals surface area contributed by atoms with E-state index in [-0.39, 0.29) is 21.1 Å². The van der Waals surface area contributed by atoms with Crippen LogP contribution in [0.15, 0.2) is 104 Å². The number of pyridine rings is 1. The van der Waals surface area contributed by atoms with Gasteiger partial charge in [-0.3, -0.25) is 0 Å². The van der Waals surface area contributed by atoms with Crippen LogP contribution in [0, 0.1) is 18.8 Å². The maximum Gasteiger partial charge on any atom is 0.137 e. The summed E-state index contributed by atoms with van der Waals surface area (Å²) in [6.45, 7) is 1.99. The van der Waals surface area contributed by atoms with Crippen molar-refractivity contribution >= 4 is 49.3 Å². The summed E-state index contributed by atoms with van der Waals surface area (Å²) in [6, 6.07) is 35.9. The van der Waals surface area contributed by atoms with Crippen LogP contribution in [-0.4, -0.2) is 26.1 Å². The first-order valence-electron chi connectivity index (χ1n) is 13.2. The zero-order valence-corrected chi connectivity index (χ0v) is 24.6. The van der Waals surface area contributed by atoms with Gasteiger partial charge in [-0.1, -0.05) is 41.9 Å². The molecule has 0 bridgehead atoms. The van der Waals surface area contributed by atoms with Crippen LogP contribution in [0.5, 0.6) is 11.5 Å². The van der Waals surface area contributed by atoms with Gasteiger partial charge in [-0.05, 0) is 37.0 Å². The predicted octanol–water partition coefficient (Wildman–Crippen LogP) is 7.56. The summed E-state index contributed by atoms with van der Waals surface area (Å²) in [5, 5.41) is 4.59. The van der Waals surface area contributed by atoms with Crippen LogP contribution in [0.4, 0.5) is 5.69 Å². The average Bonchev–Trinajstić information content (AvgIpc) is 3.65. The largest absolute Gasteiger partial charge is 0.510 e. The van der Waals surface area contributed by atoms with Crippen molar-refractivity contribution in [2.75, 3.05) is 11.9 Å². The quantitative estimate of drug-likeness (QED) is 0.177. The van der Waals surface area contributed by atoms with Gasteiger partial charge in [-0.2, -0.15) is 18.8 Å². The van der Waals surface area contributed by atoms with Gasteiger partial charge in [0.1, 0.15) is 5.82 Å². The third-order valence-electron chi connectivity index (χ3n) is 7.59. The Morgan fingerprint density at radius 1 is 0.707 bits per heavy atom. The third-order valence-corrected chi connectivity index (χ3v) is 7.59. The van der Waals surface area contributed by atoms with Gasteiger partial charge in [0.2, 0.25) is 0 Å². The molecule has 6 nitrogen and oxygen atoms in total. The summed E-state index contributed by atoms with van der Waals surface area (Å²) < 4.78 is 10.7. The molecule has 0 spiro atoms. The number of benzene rings is 4. The Kier molecular flexibility index (Phi) is 6.09. The standard InChI is InChI=1S/C34H24N5O.Pt/c1-36-16-17-38(22-36)23-8-7-9-24(18-23)40-25-14-15-28-26-10-4-6-13-31(26)39(33(28)19-25)34-20-32-29(21-35-34)27-11-3-5-12-30(27)37(32)2;/h3-17,20-22H,1-2H3;/q-3;. The van der Waals surface area contributed by atoms with Crippen LogP contribution in [0.25, 0.3) is 49.4 Å². The minimum atomic E-state index is 0. The molecule has 204 valence electrons.